The second kappa shape index (κ2) is 5.89. The highest BCUT2D eigenvalue weighted by Gasteiger charge is 2.34. The van der Waals surface area contributed by atoms with Gasteiger partial charge in [0.05, 0.1) is 12.1 Å². The molecule has 0 bridgehead atoms. The third kappa shape index (κ3) is 3.25. The predicted molar refractivity (Wildman–Crippen MR) is 84.6 cm³/mol. The molecule has 0 N–H and O–H groups in total. The summed E-state index contributed by atoms with van der Waals surface area (Å²) in [4.78, 5) is 10.9. The van der Waals surface area contributed by atoms with E-state index in [4.69, 9.17) is 4.52 Å². The summed E-state index contributed by atoms with van der Waals surface area (Å²) in [6.45, 7) is 7.58. The molecular weight excluding hydrogens is 300 g/mol. The van der Waals surface area contributed by atoms with Gasteiger partial charge in [0.1, 0.15) is 0 Å². The van der Waals surface area contributed by atoms with Gasteiger partial charge in [-0.1, -0.05) is 5.16 Å². The van der Waals surface area contributed by atoms with Crippen LogP contribution in [0.5, 0.6) is 0 Å². The third-order valence-electron chi connectivity index (χ3n) is 3.88. The molecule has 1 fully saturated rings. The lowest BCUT2D eigenvalue weighted by atomic mass is 10.1. The molecule has 2 aromatic rings. The molecule has 0 unspecified atom stereocenters. The van der Waals surface area contributed by atoms with E-state index < -0.39 is 10.8 Å². The lowest BCUT2D eigenvalue weighted by Gasteiger charge is -2.41. The van der Waals surface area contributed by atoms with E-state index in [2.05, 4.69) is 33.9 Å². The molecule has 0 amide bonds. The average molecular weight is 320 g/mol. The van der Waals surface area contributed by atoms with Gasteiger partial charge < -0.3 is 4.52 Å². The van der Waals surface area contributed by atoms with Crippen molar-refractivity contribution in [3.63, 3.8) is 0 Å². The van der Waals surface area contributed by atoms with Crippen LogP contribution >= 0.6 is 0 Å². The topological polar surface area (TPSA) is 72.1 Å². The molecular formula is C15H20N4O2S. The first-order valence-corrected chi connectivity index (χ1v) is 8.77. The van der Waals surface area contributed by atoms with Crippen LogP contribution in [0.15, 0.2) is 23.0 Å². The number of aryl methyl sites for hydroxylation is 1. The molecule has 1 aliphatic heterocycles. The van der Waals surface area contributed by atoms with Crippen LogP contribution in [0.3, 0.4) is 0 Å². The zero-order valence-electron chi connectivity index (χ0n) is 13.1. The van der Waals surface area contributed by atoms with Crippen LogP contribution in [0.25, 0.3) is 11.5 Å². The van der Waals surface area contributed by atoms with Gasteiger partial charge in [-0.3, -0.25) is 14.1 Å². The van der Waals surface area contributed by atoms with Gasteiger partial charge in [0.15, 0.2) is 5.82 Å². The molecule has 0 aliphatic carbocycles. The number of nitrogens with zero attached hydrogens (tertiary/aromatic N) is 4. The van der Waals surface area contributed by atoms with Crippen molar-refractivity contribution in [2.45, 2.75) is 32.9 Å². The summed E-state index contributed by atoms with van der Waals surface area (Å²) >= 11 is 0. The van der Waals surface area contributed by atoms with Crippen molar-refractivity contribution in [1.82, 2.24) is 20.0 Å². The van der Waals surface area contributed by atoms with E-state index in [0.717, 1.165) is 17.7 Å². The van der Waals surface area contributed by atoms with Gasteiger partial charge in [-0.05, 0) is 32.4 Å². The molecule has 0 aromatic carbocycles. The maximum atomic E-state index is 11.7. The summed E-state index contributed by atoms with van der Waals surface area (Å²) in [5, 5.41) is 4.07. The molecule has 6 nitrogen and oxygen atoms in total. The van der Waals surface area contributed by atoms with E-state index in [0.29, 0.717) is 29.8 Å². The summed E-state index contributed by atoms with van der Waals surface area (Å²) in [6, 6.07) is 1.97. The molecule has 3 heterocycles. The van der Waals surface area contributed by atoms with Crippen LogP contribution in [0.2, 0.25) is 0 Å². The van der Waals surface area contributed by atoms with Gasteiger partial charge in [-0.2, -0.15) is 4.98 Å². The number of hydrogen-bond donors (Lipinski definition) is 0. The van der Waals surface area contributed by atoms with Gasteiger partial charge in [-0.15, -0.1) is 0 Å². The van der Waals surface area contributed by atoms with Crippen LogP contribution in [-0.2, 0) is 17.3 Å². The van der Waals surface area contributed by atoms with Gasteiger partial charge >= 0.3 is 0 Å². The summed E-state index contributed by atoms with van der Waals surface area (Å²) in [5.41, 5.74) is 1.77. The van der Waals surface area contributed by atoms with E-state index >= 15 is 0 Å². The zero-order chi connectivity index (χ0) is 15.7. The maximum absolute atomic E-state index is 11.7. The van der Waals surface area contributed by atoms with Crippen molar-refractivity contribution in [3.8, 4) is 11.5 Å². The minimum Gasteiger partial charge on any atom is -0.334 e. The Kier molecular flexibility index (Phi) is 4.10. The van der Waals surface area contributed by atoms with Gasteiger partial charge in [0.2, 0.25) is 0 Å². The number of rotatable bonds is 3. The summed E-state index contributed by atoms with van der Waals surface area (Å²) in [7, 11) is -0.730. The molecule has 1 aliphatic rings. The quantitative estimate of drug-likeness (QED) is 0.858. The first-order chi connectivity index (χ1) is 10.4. The van der Waals surface area contributed by atoms with E-state index in [1.807, 2.05) is 13.0 Å². The van der Waals surface area contributed by atoms with Crippen molar-refractivity contribution in [3.05, 3.63) is 29.8 Å². The second-order valence-corrected chi connectivity index (χ2v) is 7.87. The van der Waals surface area contributed by atoms with Crippen LogP contribution in [0.4, 0.5) is 0 Å². The second-order valence-electron chi connectivity index (χ2n) is 6.29. The molecule has 22 heavy (non-hydrogen) atoms. The molecule has 1 saturated heterocycles. The Hall–Kier alpha value is -1.60. The molecule has 118 valence electrons. The number of pyridine rings is 1. The minimum absolute atomic E-state index is 0.116. The fourth-order valence-electron chi connectivity index (χ4n) is 2.64. The van der Waals surface area contributed by atoms with Crippen molar-refractivity contribution in [2.75, 3.05) is 18.1 Å². The highest BCUT2D eigenvalue weighted by Crippen LogP contribution is 2.23. The Morgan fingerprint density at radius 2 is 2.23 bits per heavy atom. The molecule has 0 spiro atoms. The fourth-order valence-corrected chi connectivity index (χ4v) is 4.18. The highest BCUT2D eigenvalue weighted by molar-refractivity contribution is 7.85. The molecule has 7 heteroatoms. The molecule has 0 radical (unpaired) electrons. The van der Waals surface area contributed by atoms with Gasteiger partial charge in [-0.25, -0.2) is 0 Å². The first-order valence-electron chi connectivity index (χ1n) is 7.29. The van der Waals surface area contributed by atoms with Gasteiger partial charge in [0.25, 0.3) is 5.89 Å². The minimum atomic E-state index is -0.730. The zero-order valence-corrected chi connectivity index (χ0v) is 13.9. The lowest BCUT2D eigenvalue weighted by molar-refractivity contribution is 0.128. The smallest absolute Gasteiger partial charge is 0.259 e. The maximum Gasteiger partial charge on any atom is 0.259 e. The van der Waals surface area contributed by atoms with Gasteiger partial charge in [0, 0.05) is 46.8 Å². The lowest BCUT2D eigenvalue weighted by Crippen LogP contribution is -2.53. The van der Waals surface area contributed by atoms with Crippen LogP contribution < -0.4 is 0 Å². The Labute approximate surface area is 132 Å². The molecule has 1 atom stereocenters. The molecule has 2 aromatic heterocycles. The highest BCUT2D eigenvalue weighted by atomic mass is 32.2. The van der Waals surface area contributed by atoms with Crippen LogP contribution in [0.1, 0.15) is 25.2 Å². The number of aromatic nitrogens is 3. The molecule has 0 saturated carbocycles. The Morgan fingerprint density at radius 3 is 2.95 bits per heavy atom. The third-order valence-corrected chi connectivity index (χ3v) is 5.55. The van der Waals surface area contributed by atoms with Crippen LogP contribution in [-0.4, -0.2) is 47.8 Å². The van der Waals surface area contributed by atoms with Crippen molar-refractivity contribution < 1.29 is 8.73 Å². The van der Waals surface area contributed by atoms with Crippen molar-refractivity contribution in [1.29, 1.82) is 0 Å². The van der Waals surface area contributed by atoms with E-state index in [1.165, 1.54) is 0 Å². The standard InChI is InChI=1S/C15H20N4O2S/c1-11-6-12(8-16-7-11)14-17-13(18-21-14)9-19-4-5-22(20)10-15(19,2)3/h6-8H,4-5,9-10H2,1-3H3/t22-/m1/s1. The SMILES string of the molecule is Cc1cncc(-c2nc(CN3CC[S@@](=O)CC3(C)C)no2)c1. The predicted octanol–water partition coefficient (Wildman–Crippen LogP) is 1.78. The van der Waals surface area contributed by atoms with Crippen molar-refractivity contribution >= 4 is 10.8 Å². The van der Waals surface area contributed by atoms with E-state index in [1.54, 1.807) is 12.4 Å². The Balaban J connectivity index is 1.76. The number of hydrogen-bond acceptors (Lipinski definition) is 6. The Morgan fingerprint density at radius 1 is 1.41 bits per heavy atom. The molecule has 3 rings (SSSR count). The summed E-state index contributed by atoms with van der Waals surface area (Å²) in [5.74, 6) is 2.52. The van der Waals surface area contributed by atoms with Crippen LogP contribution in [0, 0.1) is 6.92 Å². The monoisotopic (exact) mass is 320 g/mol. The van der Waals surface area contributed by atoms with Crippen molar-refractivity contribution in [2.24, 2.45) is 0 Å². The van der Waals surface area contributed by atoms with E-state index in [9.17, 15) is 4.21 Å². The largest absolute Gasteiger partial charge is 0.334 e. The fraction of sp³-hybridized carbons (Fsp3) is 0.533. The first kappa shape index (κ1) is 15.3. The Bertz CT molecular complexity index is 698. The summed E-state index contributed by atoms with van der Waals surface area (Å²) < 4.78 is 17.1. The average Bonchev–Trinajstić information content (AvgIpc) is 2.90. The van der Waals surface area contributed by atoms with E-state index in [-0.39, 0.29) is 5.54 Å². The summed E-state index contributed by atoms with van der Waals surface area (Å²) in [6.07, 6.45) is 3.51. The normalized spacial score (nSPS) is 21.9.